The predicted molar refractivity (Wildman–Crippen MR) is 99.9 cm³/mol. The summed E-state index contributed by atoms with van der Waals surface area (Å²) in [4.78, 5) is 12.1. The van der Waals surface area contributed by atoms with Gasteiger partial charge in [-0.2, -0.15) is 0 Å². The number of aromatic hydroxyl groups is 1. The van der Waals surface area contributed by atoms with Crippen molar-refractivity contribution in [3.8, 4) is 5.75 Å². The van der Waals surface area contributed by atoms with Gasteiger partial charge >= 0.3 is 5.97 Å². The minimum atomic E-state index is -2.31. The molecule has 2 fully saturated rings. The molecular formula is C19H26O13. The number of benzene rings is 1. The number of carbonyl (C=O) groups is 1. The van der Waals surface area contributed by atoms with Crippen LogP contribution in [0.4, 0.5) is 0 Å². The average Bonchev–Trinajstić information content (AvgIpc) is 3.03. The maximum absolute atomic E-state index is 12.1. The summed E-state index contributed by atoms with van der Waals surface area (Å²) in [5.41, 5.74) is 0.0900. The Balaban J connectivity index is 1.69. The molecule has 0 unspecified atom stereocenters. The zero-order chi connectivity index (χ0) is 23.6. The van der Waals surface area contributed by atoms with Crippen LogP contribution in [0.15, 0.2) is 24.3 Å². The molecule has 3 rings (SSSR count). The Bertz CT molecular complexity index is 773. The summed E-state index contributed by atoms with van der Waals surface area (Å²) in [6.07, 6.45) is -13.4. The maximum Gasteiger partial charge on any atom is 0.338 e. The quantitative estimate of drug-likeness (QED) is 0.183. The standard InChI is InChI=1S/C19H26O13/c20-5-10-13(24)16(27)19(7-21,31-10)32-18-15(26)14(25)12(23)11(30-18)6-29-17(28)8-1-3-9(22)4-2-8/h1-4,10-16,18,20-27H,5-7H2/t10-,11+,12-,13-,14+,15-,16+,18-,19-/m1/s1. The topological polar surface area (TPSA) is 216 Å². The molecule has 0 amide bonds. The van der Waals surface area contributed by atoms with Crippen molar-refractivity contribution in [3.05, 3.63) is 29.8 Å². The van der Waals surface area contributed by atoms with Gasteiger partial charge < -0.3 is 59.8 Å². The van der Waals surface area contributed by atoms with Gasteiger partial charge in [-0.1, -0.05) is 0 Å². The molecule has 0 radical (unpaired) electrons. The van der Waals surface area contributed by atoms with Crippen LogP contribution in [0.5, 0.6) is 5.75 Å². The average molecular weight is 462 g/mol. The van der Waals surface area contributed by atoms with Crippen LogP contribution in [-0.2, 0) is 18.9 Å². The second kappa shape index (κ2) is 9.93. The largest absolute Gasteiger partial charge is 0.508 e. The number of phenols is 1. The first-order valence-corrected chi connectivity index (χ1v) is 9.73. The predicted octanol–water partition coefficient (Wildman–Crippen LogP) is -3.83. The van der Waals surface area contributed by atoms with E-state index >= 15 is 0 Å². The van der Waals surface area contributed by atoms with E-state index in [0.29, 0.717) is 0 Å². The van der Waals surface area contributed by atoms with Crippen LogP contribution in [0.2, 0.25) is 0 Å². The molecule has 9 atom stereocenters. The molecule has 13 heteroatoms. The van der Waals surface area contributed by atoms with E-state index in [1.54, 1.807) is 0 Å². The van der Waals surface area contributed by atoms with Gasteiger partial charge in [-0.15, -0.1) is 0 Å². The van der Waals surface area contributed by atoms with Gasteiger partial charge in [-0.3, -0.25) is 0 Å². The van der Waals surface area contributed by atoms with E-state index < -0.39 is 80.6 Å². The van der Waals surface area contributed by atoms with Gasteiger partial charge in [-0.05, 0) is 24.3 Å². The van der Waals surface area contributed by atoms with Crippen LogP contribution in [0.3, 0.4) is 0 Å². The summed E-state index contributed by atoms with van der Waals surface area (Å²) in [6.45, 7) is -2.32. The van der Waals surface area contributed by atoms with Crippen molar-refractivity contribution in [2.75, 3.05) is 19.8 Å². The number of aliphatic hydroxyl groups is 7. The Kier molecular flexibility index (Phi) is 7.67. The highest BCUT2D eigenvalue weighted by atomic mass is 16.8. The monoisotopic (exact) mass is 462 g/mol. The Hall–Kier alpha value is -1.91. The number of aliphatic hydroxyl groups excluding tert-OH is 7. The molecule has 2 saturated heterocycles. The third-order valence-corrected chi connectivity index (χ3v) is 5.37. The van der Waals surface area contributed by atoms with Gasteiger partial charge in [-0.25, -0.2) is 4.79 Å². The molecule has 0 bridgehead atoms. The number of hydrogen-bond donors (Lipinski definition) is 8. The zero-order valence-electron chi connectivity index (χ0n) is 16.7. The SMILES string of the molecule is O=C(OC[C@@H]1O[C@H](O[C@@]2(CO)O[C@H](CO)[C@@H](O)[C@@H]2O)[C@H](O)[C@@H](O)[C@@H]1O)c1ccc(O)cc1. The number of ether oxygens (including phenoxy) is 4. The lowest BCUT2D eigenvalue weighted by atomic mass is 9.99. The summed E-state index contributed by atoms with van der Waals surface area (Å²) in [7, 11) is 0. The zero-order valence-corrected chi connectivity index (χ0v) is 16.7. The van der Waals surface area contributed by atoms with Gasteiger partial charge in [0.2, 0.25) is 5.79 Å². The highest BCUT2D eigenvalue weighted by molar-refractivity contribution is 5.89. The number of carbonyl (C=O) groups excluding carboxylic acids is 1. The Morgan fingerprint density at radius 3 is 2.16 bits per heavy atom. The van der Waals surface area contributed by atoms with E-state index in [1.807, 2.05) is 0 Å². The molecule has 0 aromatic heterocycles. The van der Waals surface area contributed by atoms with E-state index in [1.165, 1.54) is 24.3 Å². The second-order valence-electron chi connectivity index (χ2n) is 7.52. The third kappa shape index (κ3) is 4.72. The van der Waals surface area contributed by atoms with Crippen LogP contribution in [-0.4, -0.2) is 121 Å². The molecule has 0 spiro atoms. The van der Waals surface area contributed by atoms with Gasteiger partial charge in [0.05, 0.1) is 12.2 Å². The molecule has 32 heavy (non-hydrogen) atoms. The number of phenolic OH excluding ortho intramolecular Hbond substituents is 1. The van der Waals surface area contributed by atoms with Crippen LogP contribution in [0.1, 0.15) is 10.4 Å². The maximum atomic E-state index is 12.1. The molecule has 13 nitrogen and oxygen atoms in total. The van der Waals surface area contributed by atoms with E-state index in [2.05, 4.69) is 0 Å². The molecule has 0 aliphatic carbocycles. The lowest BCUT2D eigenvalue weighted by molar-refractivity contribution is -0.383. The fourth-order valence-electron chi connectivity index (χ4n) is 3.46. The highest BCUT2D eigenvalue weighted by Gasteiger charge is 2.58. The van der Waals surface area contributed by atoms with Crippen molar-refractivity contribution in [2.24, 2.45) is 0 Å². The van der Waals surface area contributed by atoms with Crippen LogP contribution >= 0.6 is 0 Å². The van der Waals surface area contributed by atoms with Crippen LogP contribution < -0.4 is 0 Å². The third-order valence-electron chi connectivity index (χ3n) is 5.37. The van der Waals surface area contributed by atoms with Crippen molar-refractivity contribution in [1.29, 1.82) is 0 Å². The van der Waals surface area contributed by atoms with Crippen molar-refractivity contribution >= 4 is 5.97 Å². The van der Waals surface area contributed by atoms with Crippen LogP contribution in [0, 0.1) is 0 Å². The summed E-state index contributed by atoms with van der Waals surface area (Å²) < 4.78 is 21.0. The number of hydrogen-bond acceptors (Lipinski definition) is 13. The van der Waals surface area contributed by atoms with E-state index in [-0.39, 0.29) is 11.3 Å². The summed E-state index contributed by atoms with van der Waals surface area (Å²) in [5, 5.41) is 79.0. The number of rotatable bonds is 7. The Morgan fingerprint density at radius 2 is 1.59 bits per heavy atom. The first-order chi connectivity index (χ1) is 15.1. The fourth-order valence-corrected chi connectivity index (χ4v) is 3.46. The van der Waals surface area contributed by atoms with Crippen molar-refractivity contribution in [2.45, 2.75) is 54.8 Å². The first kappa shape index (κ1) is 24.7. The fraction of sp³-hybridized carbons (Fsp3) is 0.632. The highest BCUT2D eigenvalue weighted by Crippen LogP contribution is 2.36. The molecule has 2 heterocycles. The molecule has 1 aromatic carbocycles. The van der Waals surface area contributed by atoms with Gasteiger partial charge in [0, 0.05) is 0 Å². The molecule has 2 aliphatic heterocycles. The lowest BCUT2D eigenvalue weighted by Crippen LogP contribution is -2.62. The van der Waals surface area contributed by atoms with Gasteiger partial charge in [0.1, 0.15) is 61.7 Å². The Morgan fingerprint density at radius 1 is 0.938 bits per heavy atom. The van der Waals surface area contributed by atoms with E-state index in [4.69, 9.17) is 18.9 Å². The first-order valence-electron chi connectivity index (χ1n) is 9.73. The van der Waals surface area contributed by atoms with Crippen molar-refractivity contribution in [1.82, 2.24) is 0 Å². The van der Waals surface area contributed by atoms with Crippen molar-refractivity contribution < 1.29 is 64.6 Å². The van der Waals surface area contributed by atoms with E-state index in [9.17, 15) is 45.6 Å². The smallest absolute Gasteiger partial charge is 0.338 e. The molecule has 0 saturated carbocycles. The minimum Gasteiger partial charge on any atom is -0.508 e. The van der Waals surface area contributed by atoms with Gasteiger partial charge in [0.15, 0.2) is 6.29 Å². The van der Waals surface area contributed by atoms with Crippen molar-refractivity contribution in [3.63, 3.8) is 0 Å². The lowest BCUT2D eigenvalue weighted by Gasteiger charge is -2.43. The molecule has 180 valence electrons. The van der Waals surface area contributed by atoms with E-state index in [0.717, 1.165) is 0 Å². The Labute approximate surface area is 181 Å². The summed E-state index contributed by atoms with van der Waals surface area (Å²) in [5.74, 6) is -3.20. The van der Waals surface area contributed by atoms with Crippen LogP contribution in [0.25, 0.3) is 0 Å². The normalized spacial score (nSPS) is 39.7. The van der Waals surface area contributed by atoms with Gasteiger partial charge in [0.25, 0.3) is 0 Å². The summed E-state index contributed by atoms with van der Waals surface area (Å²) in [6, 6.07) is 5.13. The molecule has 2 aliphatic rings. The molecular weight excluding hydrogens is 436 g/mol. The number of esters is 1. The molecule has 1 aromatic rings. The molecule has 8 N–H and O–H groups in total. The minimum absolute atomic E-state index is 0.0626. The second-order valence-corrected chi connectivity index (χ2v) is 7.52. The summed E-state index contributed by atoms with van der Waals surface area (Å²) >= 11 is 0.